The summed E-state index contributed by atoms with van der Waals surface area (Å²) in [7, 11) is 0. The van der Waals surface area contributed by atoms with Crippen LogP contribution in [0, 0.1) is 0 Å². The van der Waals surface area contributed by atoms with Crippen LogP contribution in [0.4, 0.5) is 0 Å². The minimum Gasteiger partial charge on any atom is -0.491 e. The molecular formula is C15H14BrN3O2. The average Bonchev–Trinajstić information content (AvgIpc) is 2.90. The SMILES string of the molecule is O[C@@H](COc1ccc(Br)cc1)Cn1nnc2ccccc21. The molecule has 0 aliphatic rings. The largest absolute Gasteiger partial charge is 0.491 e. The van der Waals surface area contributed by atoms with Crippen LogP contribution >= 0.6 is 15.9 Å². The van der Waals surface area contributed by atoms with Crippen LogP contribution in [-0.2, 0) is 6.54 Å². The summed E-state index contributed by atoms with van der Waals surface area (Å²) < 4.78 is 8.23. The molecule has 0 radical (unpaired) electrons. The Bertz CT molecular complexity index is 727. The van der Waals surface area contributed by atoms with Crippen LogP contribution in [0.2, 0.25) is 0 Å². The van der Waals surface area contributed by atoms with Crippen LogP contribution in [0.5, 0.6) is 5.75 Å². The molecule has 1 heterocycles. The molecule has 1 atom stereocenters. The molecule has 0 aliphatic carbocycles. The van der Waals surface area contributed by atoms with E-state index in [0.717, 1.165) is 21.3 Å². The van der Waals surface area contributed by atoms with Crippen molar-refractivity contribution in [3.05, 3.63) is 53.0 Å². The van der Waals surface area contributed by atoms with Gasteiger partial charge in [0.15, 0.2) is 0 Å². The maximum absolute atomic E-state index is 10.1. The molecule has 1 aromatic heterocycles. The van der Waals surface area contributed by atoms with Crippen molar-refractivity contribution in [3.8, 4) is 5.75 Å². The van der Waals surface area contributed by atoms with Gasteiger partial charge in [0.2, 0.25) is 0 Å². The number of benzene rings is 2. The summed E-state index contributed by atoms with van der Waals surface area (Å²) in [6.07, 6.45) is -0.654. The van der Waals surface area contributed by atoms with E-state index < -0.39 is 6.10 Å². The van der Waals surface area contributed by atoms with Crippen molar-refractivity contribution < 1.29 is 9.84 Å². The van der Waals surface area contributed by atoms with E-state index in [9.17, 15) is 5.11 Å². The number of rotatable bonds is 5. The first-order valence-electron chi connectivity index (χ1n) is 6.57. The van der Waals surface area contributed by atoms with Gasteiger partial charge in [-0.1, -0.05) is 33.3 Å². The number of fused-ring (bicyclic) bond motifs is 1. The van der Waals surface area contributed by atoms with Crippen LogP contribution in [0.1, 0.15) is 0 Å². The lowest BCUT2D eigenvalue weighted by atomic mass is 10.3. The van der Waals surface area contributed by atoms with E-state index in [1.54, 1.807) is 4.68 Å². The Morgan fingerprint density at radius 2 is 1.90 bits per heavy atom. The fourth-order valence-electron chi connectivity index (χ4n) is 2.03. The second-order valence-electron chi connectivity index (χ2n) is 4.68. The van der Waals surface area contributed by atoms with E-state index in [2.05, 4.69) is 26.2 Å². The van der Waals surface area contributed by atoms with Gasteiger partial charge in [0.05, 0.1) is 12.1 Å². The highest BCUT2D eigenvalue weighted by Gasteiger charge is 2.10. The van der Waals surface area contributed by atoms with Gasteiger partial charge < -0.3 is 9.84 Å². The van der Waals surface area contributed by atoms with E-state index in [1.165, 1.54) is 0 Å². The summed E-state index contributed by atoms with van der Waals surface area (Å²) in [6, 6.07) is 15.1. The zero-order chi connectivity index (χ0) is 14.7. The molecule has 3 aromatic rings. The minimum absolute atomic E-state index is 0.204. The number of halogens is 1. The molecule has 6 heteroatoms. The molecule has 5 nitrogen and oxygen atoms in total. The average molecular weight is 348 g/mol. The number of aromatic nitrogens is 3. The van der Waals surface area contributed by atoms with Crippen molar-refractivity contribution in [2.24, 2.45) is 0 Å². The van der Waals surface area contributed by atoms with Crippen molar-refractivity contribution in [1.29, 1.82) is 0 Å². The summed E-state index contributed by atoms with van der Waals surface area (Å²) in [6.45, 7) is 0.548. The van der Waals surface area contributed by atoms with E-state index >= 15 is 0 Å². The van der Waals surface area contributed by atoms with Gasteiger partial charge in [-0.2, -0.15) is 0 Å². The quantitative estimate of drug-likeness (QED) is 0.770. The maximum atomic E-state index is 10.1. The Labute approximate surface area is 130 Å². The summed E-state index contributed by atoms with van der Waals surface area (Å²) >= 11 is 3.36. The molecule has 3 rings (SSSR count). The predicted molar refractivity (Wildman–Crippen MR) is 83.2 cm³/mol. The Hall–Kier alpha value is -1.92. The fraction of sp³-hybridized carbons (Fsp3) is 0.200. The number of hydrogen-bond acceptors (Lipinski definition) is 4. The highest BCUT2D eigenvalue weighted by Crippen LogP contribution is 2.16. The molecule has 108 valence electrons. The normalized spacial score (nSPS) is 12.5. The van der Waals surface area contributed by atoms with Crippen LogP contribution in [0.25, 0.3) is 11.0 Å². The predicted octanol–water partition coefficient (Wildman–Crippen LogP) is 2.63. The third kappa shape index (κ3) is 3.40. The lowest BCUT2D eigenvalue weighted by Crippen LogP contribution is -2.24. The third-order valence-corrected chi connectivity index (χ3v) is 3.59. The van der Waals surface area contributed by atoms with E-state index in [1.807, 2.05) is 48.5 Å². The Balaban J connectivity index is 1.61. The van der Waals surface area contributed by atoms with Gasteiger partial charge in [-0.05, 0) is 36.4 Å². The number of nitrogens with zero attached hydrogens (tertiary/aromatic N) is 3. The van der Waals surface area contributed by atoms with Gasteiger partial charge in [-0.15, -0.1) is 5.10 Å². The lowest BCUT2D eigenvalue weighted by Gasteiger charge is -2.12. The molecule has 0 unspecified atom stereocenters. The molecule has 21 heavy (non-hydrogen) atoms. The zero-order valence-electron chi connectivity index (χ0n) is 11.2. The number of para-hydroxylation sites is 1. The monoisotopic (exact) mass is 347 g/mol. The maximum Gasteiger partial charge on any atom is 0.119 e. The molecule has 0 amide bonds. The van der Waals surface area contributed by atoms with Gasteiger partial charge in [0.1, 0.15) is 24.0 Å². The topological polar surface area (TPSA) is 60.2 Å². The summed E-state index contributed by atoms with van der Waals surface area (Å²) in [5.41, 5.74) is 1.72. The van der Waals surface area contributed by atoms with E-state index in [-0.39, 0.29) is 6.61 Å². The standard InChI is InChI=1S/C15H14BrN3O2/c16-11-5-7-13(8-6-11)21-10-12(20)9-19-15-4-2-1-3-14(15)17-18-19/h1-8,12,20H,9-10H2/t12-/m1/s1. The second-order valence-corrected chi connectivity index (χ2v) is 5.59. The number of aliphatic hydroxyl groups is 1. The van der Waals surface area contributed by atoms with Crippen LogP contribution in [0.3, 0.4) is 0 Å². The number of aliphatic hydroxyl groups excluding tert-OH is 1. The molecule has 0 saturated heterocycles. The second kappa shape index (κ2) is 6.24. The van der Waals surface area contributed by atoms with Crippen LogP contribution in [-0.4, -0.2) is 32.8 Å². The molecule has 2 aromatic carbocycles. The molecular weight excluding hydrogens is 334 g/mol. The van der Waals surface area contributed by atoms with Crippen LogP contribution in [0.15, 0.2) is 53.0 Å². The molecule has 0 fully saturated rings. The first-order chi connectivity index (χ1) is 10.2. The first kappa shape index (κ1) is 14.0. The lowest BCUT2D eigenvalue weighted by molar-refractivity contribution is 0.0899. The van der Waals surface area contributed by atoms with Crippen molar-refractivity contribution in [1.82, 2.24) is 15.0 Å². The van der Waals surface area contributed by atoms with Crippen molar-refractivity contribution in [3.63, 3.8) is 0 Å². The van der Waals surface area contributed by atoms with E-state index in [4.69, 9.17) is 4.74 Å². The highest BCUT2D eigenvalue weighted by molar-refractivity contribution is 9.10. The summed E-state index contributed by atoms with van der Waals surface area (Å²) in [5, 5.41) is 18.2. The van der Waals surface area contributed by atoms with Gasteiger partial charge >= 0.3 is 0 Å². The van der Waals surface area contributed by atoms with Crippen molar-refractivity contribution >= 4 is 27.0 Å². The summed E-state index contributed by atoms with van der Waals surface area (Å²) in [4.78, 5) is 0. The van der Waals surface area contributed by atoms with Crippen molar-refractivity contribution in [2.75, 3.05) is 6.61 Å². The van der Waals surface area contributed by atoms with Gasteiger partial charge in [-0.3, -0.25) is 0 Å². The Morgan fingerprint density at radius 3 is 2.71 bits per heavy atom. The van der Waals surface area contributed by atoms with Gasteiger partial charge in [-0.25, -0.2) is 4.68 Å². The van der Waals surface area contributed by atoms with Gasteiger partial charge in [0.25, 0.3) is 0 Å². The Kier molecular flexibility index (Phi) is 4.17. The molecule has 0 saturated carbocycles. The summed E-state index contributed by atoms with van der Waals surface area (Å²) in [5.74, 6) is 0.723. The van der Waals surface area contributed by atoms with E-state index in [0.29, 0.717) is 6.54 Å². The first-order valence-corrected chi connectivity index (χ1v) is 7.36. The molecule has 0 bridgehead atoms. The highest BCUT2D eigenvalue weighted by atomic mass is 79.9. The molecule has 1 N–H and O–H groups in total. The minimum atomic E-state index is -0.654. The van der Waals surface area contributed by atoms with Gasteiger partial charge in [0, 0.05) is 4.47 Å². The third-order valence-electron chi connectivity index (χ3n) is 3.06. The van der Waals surface area contributed by atoms with Crippen molar-refractivity contribution in [2.45, 2.75) is 12.6 Å². The number of hydrogen-bond donors (Lipinski definition) is 1. The molecule has 0 aliphatic heterocycles. The van der Waals surface area contributed by atoms with Crippen LogP contribution < -0.4 is 4.74 Å². The zero-order valence-corrected chi connectivity index (χ0v) is 12.8. The number of ether oxygens (including phenoxy) is 1. The molecule has 0 spiro atoms. The Morgan fingerprint density at radius 1 is 1.14 bits per heavy atom. The fourth-order valence-corrected chi connectivity index (χ4v) is 2.29. The smallest absolute Gasteiger partial charge is 0.119 e.